The highest BCUT2D eigenvalue weighted by Gasteiger charge is 2.35. The number of fused-ring (bicyclic) bond motifs is 1. The molecule has 2 heterocycles. The van der Waals surface area contributed by atoms with Crippen molar-refractivity contribution >= 4 is 57.8 Å². The van der Waals surface area contributed by atoms with E-state index in [0.717, 1.165) is 16.5 Å². The first kappa shape index (κ1) is 21.5. The highest BCUT2D eigenvalue weighted by Crippen LogP contribution is 2.28. The number of esters is 1. The normalized spacial score (nSPS) is 15.4. The van der Waals surface area contributed by atoms with Crippen LogP contribution in [0, 0.1) is 0 Å². The van der Waals surface area contributed by atoms with Crippen LogP contribution in [0.4, 0.5) is 5.69 Å². The van der Waals surface area contributed by atoms with Crippen LogP contribution in [0.15, 0.2) is 60.3 Å². The van der Waals surface area contributed by atoms with Crippen molar-refractivity contribution in [1.29, 1.82) is 0 Å². The Morgan fingerprint density at radius 2 is 1.84 bits per heavy atom. The molecular formula is C24H21N3O4S. The van der Waals surface area contributed by atoms with E-state index < -0.39 is 17.8 Å². The first-order valence-corrected chi connectivity index (χ1v) is 10.5. The molecule has 162 valence electrons. The van der Waals surface area contributed by atoms with E-state index in [2.05, 4.69) is 5.32 Å². The minimum atomic E-state index is -0.560. The highest BCUT2D eigenvalue weighted by atomic mass is 32.1. The fraction of sp³-hybridized carbons (Fsp3) is 0.167. The number of carbonyl (C=O) groups excluding carboxylic acids is 3. The third-order valence-electron chi connectivity index (χ3n) is 5.36. The zero-order chi connectivity index (χ0) is 22.8. The predicted molar refractivity (Wildman–Crippen MR) is 126 cm³/mol. The standard InChI is InChI=1S/C24H21N3O4S/c1-3-15-8-4-6-10-19(15)27-23(30)18(22(29)25-24(27)32)12-16-13-26(14-21(28)31-2)20-11-7-5-9-17(16)20/h4-13H,3,14H2,1-2H3,(H,25,29,32). The lowest BCUT2D eigenvalue weighted by molar-refractivity contribution is -0.141. The number of rotatable bonds is 5. The smallest absolute Gasteiger partial charge is 0.325 e. The van der Waals surface area contributed by atoms with Gasteiger partial charge in [0.1, 0.15) is 12.1 Å². The number of anilines is 1. The maximum absolute atomic E-state index is 13.4. The van der Waals surface area contributed by atoms with Gasteiger partial charge in [-0.3, -0.25) is 24.6 Å². The number of hydrogen-bond donors (Lipinski definition) is 1. The van der Waals surface area contributed by atoms with Gasteiger partial charge in [0, 0.05) is 22.7 Å². The summed E-state index contributed by atoms with van der Waals surface area (Å²) in [6.07, 6.45) is 3.97. The molecule has 1 saturated heterocycles. The van der Waals surface area contributed by atoms with Crippen LogP contribution < -0.4 is 10.2 Å². The third-order valence-corrected chi connectivity index (χ3v) is 5.65. The second kappa shape index (κ2) is 8.76. The van der Waals surface area contributed by atoms with Crippen LogP contribution >= 0.6 is 12.2 Å². The molecule has 1 aliphatic heterocycles. The van der Waals surface area contributed by atoms with Gasteiger partial charge in [-0.2, -0.15) is 0 Å². The molecule has 0 atom stereocenters. The van der Waals surface area contributed by atoms with Crippen molar-refractivity contribution in [1.82, 2.24) is 9.88 Å². The van der Waals surface area contributed by atoms with Crippen LogP contribution in [0.2, 0.25) is 0 Å². The van der Waals surface area contributed by atoms with Crippen LogP contribution in [0.25, 0.3) is 17.0 Å². The van der Waals surface area contributed by atoms with Crippen LogP contribution in [0.3, 0.4) is 0 Å². The summed E-state index contributed by atoms with van der Waals surface area (Å²) in [5.41, 5.74) is 2.97. The van der Waals surface area contributed by atoms with Gasteiger partial charge in [0.15, 0.2) is 5.11 Å². The van der Waals surface area contributed by atoms with Crippen molar-refractivity contribution in [3.8, 4) is 0 Å². The maximum atomic E-state index is 13.4. The lowest BCUT2D eigenvalue weighted by Gasteiger charge is -2.30. The summed E-state index contributed by atoms with van der Waals surface area (Å²) in [6.45, 7) is 2.00. The van der Waals surface area contributed by atoms with Gasteiger partial charge in [-0.25, -0.2) is 0 Å². The molecule has 1 fully saturated rings. The Kier molecular flexibility index (Phi) is 5.87. The van der Waals surface area contributed by atoms with E-state index in [9.17, 15) is 14.4 Å². The maximum Gasteiger partial charge on any atom is 0.325 e. The van der Waals surface area contributed by atoms with E-state index in [-0.39, 0.29) is 17.2 Å². The molecule has 2 aromatic carbocycles. The summed E-state index contributed by atoms with van der Waals surface area (Å²) in [7, 11) is 1.33. The number of carbonyl (C=O) groups is 3. The lowest BCUT2D eigenvalue weighted by atomic mass is 10.0. The molecule has 8 heteroatoms. The number of hydrogen-bond acceptors (Lipinski definition) is 5. The Hall–Kier alpha value is -3.78. The van der Waals surface area contributed by atoms with Crippen molar-refractivity contribution in [2.45, 2.75) is 19.9 Å². The number of aryl methyl sites for hydroxylation is 1. The van der Waals surface area contributed by atoms with Gasteiger partial charge < -0.3 is 9.30 Å². The van der Waals surface area contributed by atoms with Gasteiger partial charge in [0.05, 0.1) is 12.8 Å². The van der Waals surface area contributed by atoms with Crippen molar-refractivity contribution in [3.63, 3.8) is 0 Å². The fourth-order valence-electron chi connectivity index (χ4n) is 3.78. The topological polar surface area (TPSA) is 80.6 Å². The summed E-state index contributed by atoms with van der Waals surface area (Å²) in [5, 5.41) is 3.48. The quantitative estimate of drug-likeness (QED) is 0.281. The molecule has 1 N–H and O–H groups in total. The molecule has 0 bridgehead atoms. The Morgan fingerprint density at radius 1 is 1.12 bits per heavy atom. The first-order chi connectivity index (χ1) is 15.4. The minimum absolute atomic E-state index is 0.0143. The average Bonchev–Trinajstić information content (AvgIpc) is 3.14. The number of ether oxygens (including phenoxy) is 1. The number of amides is 2. The van der Waals surface area contributed by atoms with Crippen molar-refractivity contribution in [2.75, 3.05) is 12.0 Å². The molecule has 2 amide bonds. The molecule has 4 rings (SSSR count). The van der Waals surface area contributed by atoms with Crippen LogP contribution in [0.1, 0.15) is 18.1 Å². The molecule has 1 aliphatic rings. The van der Waals surface area contributed by atoms with Crippen molar-refractivity contribution < 1.29 is 19.1 Å². The molecule has 7 nitrogen and oxygen atoms in total. The molecule has 0 radical (unpaired) electrons. The minimum Gasteiger partial charge on any atom is -0.468 e. The summed E-state index contributed by atoms with van der Waals surface area (Å²) in [6, 6.07) is 14.9. The third kappa shape index (κ3) is 3.80. The molecule has 3 aromatic rings. The molecule has 0 spiro atoms. The van der Waals surface area contributed by atoms with E-state index in [1.54, 1.807) is 16.8 Å². The SMILES string of the molecule is CCc1ccccc1N1C(=O)C(=Cc2cn(CC(=O)OC)c3ccccc23)C(=O)NC1=S. The van der Waals surface area contributed by atoms with Crippen LogP contribution in [-0.4, -0.2) is 34.6 Å². The molecular weight excluding hydrogens is 426 g/mol. The van der Waals surface area contributed by atoms with E-state index in [0.29, 0.717) is 17.7 Å². The molecule has 0 saturated carbocycles. The van der Waals surface area contributed by atoms with Gasteiger partial charge in [0.25, 0.3) is 11.8 Å². The van der Waals surface area contributed by atoms with Gasteiger partial charge in [-0.15, -0.1) is 0 Å². The summed E-state index contributed by atoms with van der Waals surface area (Å²) in [4.78, 5) is 39.3. The predicted octanol–water partition coefficient (Wildman–Crippen LogP) is 3.21. The Morgan fingerprint density at radius 3 is 2.59 bits per heavy atom. The number of aromatic nitrogens is 1. The first-order valence-electron chi connectivity index (χ1n) is 10.1. The Bertz CT molecular complexity index is 1290. The largest absolute Gasteiger partial charge is 0.468 e. The molecule has 1 aromatic heterocycles. The second-order valence-electron chi connectivity index (χ2n) is 7.25. The van der Waals surface area contributed by atoms with Gasteiger partial charge in [0.2, 0.25) is 0 Å². The fourth-order valence-corrected chi connectivity index (χ4v) is 4.06. The zero-order valence-corrected chi connectivity index (χ0v) is 18.4. The van der Waals surface area contributed by atoms with Gasteiger partial charge in [-0.1, -0.05) is 43.3 Å². The Labute approximate surface area is 190 Å². The molecule has 32 heavy (non-hydrogen) atoms. The van der Waals surface area contributed by atoms with E-state index >= 15 is 0 Å². The average molecular weight is 448 g/mol. The number of methoxy groups -OCH3 is 1. The van der Waals surface area contributed by atoms with Gasteiger partial charge in [-0.05, 0) is 42.4 Å². The van der Waals surface area contributed by atoms with Gasteiger partial charge >= 0.3 is 5.97 Å². The number of thiocarbonyl (C=S) groups is 1. The molecule has 0 aliphatic carbocycles. The number of nitrogens with zero attached hydrogens (tertiary/aromatic N) is 2. The van der Waals surface area contributed by atoms with Crippen LogP contribution in [0.5, 0.6) is 0 Å². The highest BCUT2D eigenvalue weighted by molar-refractivity contribution is 7.80. The van der Waals surface area contributed by atoms with Crippen molar-refractivity contribution in [3.05, 3.63) is 71.4 Å². The number of nitrogens with one attached hydrogen (secondary N) is 1. The summed E-state index contributed by atoms with van der Waals surface area (Å²) < 4.78 is 6.51. The Balaban J connectivity index is 1.81. The molecule has 0 unspecified atom stereocenters. The number of para-hydroxylation sites is 2. The van der Waals surface area contributed by atoms with E-state index in [4.69, 9.17) is 17.0 Å². The van der Waals surface area contributed by atoms with E-state index in [1.807, 2.05) is 49.4 Å². The van der Waals surface area contributed by atoms with Crippen LogP contribution in [-0.2, 0) is 32.1 Å². The lowest BCUT2D eigenvalue weighted by Crippen LogP contribution is -2.54. The second-order valence-corrected chi connectivity index (χ2v) is 7.63. The monoisotopic (exact) mass is 447 g/mol. The summed E-state index contributed by atoms with van der Waals surface area (Å²) in [5.74, 6) is -1.45. The van der Waals surface area contributed by atoms with Crippen molar-refractivity contribution in [2.24, 2.45) is 0 Å². The summed E-state index contributed by atoms with van der Waals surface area (Å²) >= 11 is 5.32. The number of benzene rings is 2. The van der Waals surface area contributed by atoms with E-state index in [1.165, 1.54) is 18.1 Å². The zero-order valence-electron chi connectivity index (χ0n) is 17.6.